The largest absolute Gasteiger partial charge is 0 e. The first kappa shape index (κ1) is 10.6. The van der Waals surface area contributed by atoms with E-state index >= 15 is 0 Å². The smallest absolute Gasteiger partial charge is 0 e. The van der Waals surface area contributed by atoms with E-state index in [0.717, 1.165) is 0 Å². The summed E-state index contributed by atoms with van der Waals surface area (Å²) in [5.74, 6) is 0. The van der Waals surface area contributed by atoms with E-state index in [4.69, 9.17) is 13.2 Å². The summed E-state index contributed by atoms with van der Waals surface area (Å²) in [6.45, 7) is 0. The van der Waals surface area contributed by atoms with Crippen molar-refractivity contribution >= 4 is 19.0 Å². The minimum absolute atomic E-state index is 0. The maximum Gasteiger partial charge on any atom is 0 e. The van der Waals surface area contributed by atoms with Crippen LogP contribution in [0.4, 0.5) is 0 Å². The Morgan fingerprint density at radius 3 is 1.17 bits per heavy atom. The molecule has 0 heterocycles. The van der Waals surface area contributed by atoms with Crippen molar-refractivity contribution in [2.24, 2.45) is 0 Å². The summed E-state index contributed by atoms with van der Waals surface area (Å²) in [7, 11) is 0. The first-order valence-electron chi connectivity index (χ1n) is 0.698. The zero-order valence-electron chi connectivity index (χ0n) is 2.70. The van der Waals surface area contributed by atoms with Crippen LogP contribution in [0, 0.1) is 41.3 Å². The molecule has 0 aliphatic rings. The second-order valence-corrected chi connectivity index (χ2v) is 3.00. The summed E-state index contributed by atoms with van der Waals surface area (Å²) in [6, 6.07) is 0. The maximum atomic E-state index is 8.85. The summed E-state index contributed by atoms with van der Waals surface area (Å²) in [4.78, 5) is 0. The molecule has 0 aromatic heterocycles. The molecule has 0 atom stereocenters. The molecule has 0 unspecified atom stereocenters. The molecule has 0 rings (SSSR count). The van der Waals surface area contributed by atoms with E-state index in [1.54, 1.807) is 0 Å². The van der Waals surface area contributed by atoms with Crippen LogP contribution in [0.15, 0.2) is 0 Å². The van der Waals surface area contributed by atoms with E-state index in [9.17, 15) is 0 Å². The first-order chi connectivity index (χ1) is 2.00. The molecular weight excluding hydrogens is 333 g/mol. The fraction of sp³-hybridized carbons (Fsp3) is 0. The second kappa shape index (κ2) is 3.65. The Morgan fingerprint density at radius 2 is 1.17 bits per heavy atom. The molecule has 0 spiro atoms. The molecule has 35 valence electrons. The second-order valence-electron chi connectivity index (χ2n) is 0.448. The predicted octanol–water partition coefficient (Wildman–Crippen LogP) is -1.73. The van der Waals surface area contributed by atoms with Gasteiger partial charge in [-0.2, -0.15) is 0 Å². The van der Waals surface area contributed by atoms with Gasteiger partial charge in [-0.15, -0.1) is 0 Å². The molecule has 0 fully saturated rings. The average Bonchev–Trinajstić information content (AvgIpc) is 0.722. The normalized spacial score (nSPS) is 9.67. The fourth-order valence-electron chi connectivity index (χ4n) is 0. The Morgan fingerprint density at radius 1 is 1.17 bits per heavy atom. The van der Waals surface area contributed by atoms with E-state index < -0.39 is 19.0 Å². The molecule has 0 amide bonds. The van der Waals surface area contributed by atoms with Crippen LogP contribution in [-0.2, 0) is 6.21 Å². The standard InChI is InChI=1S/H2O4Te.Pr/c1-5(2,3)4;/h(H2,1,2,3,4);. The van der Waals surface area contributed by atoms with Crippen LogP contribution in [0.3, 0.4) is 0 Å². The van der Waals surface area contributed by atoms with E-state index in [2.05, 4.69) is 0 Å². The van der Waals surface area contributed by atoms with Crippen molar-refractivity contribution in [3.63, 3.8) is 0 Å². The van der Waals surface area contributed by atoms with Crippen molar-refractivity contribution in [1.29, 1.82) is 0 Å². The van der Waals surface area contributed by atoms with Crippen LogP contribution in [0.5, 0.6) is 0 Å². The van der Waals surface area contributed by atoms with Crippen molar-refractivity contribution in [2.75, 3.05) is 0 Å². The van der Waals surface area contributed by atoms with E-state index in [0.29, 0.717) is 0 Å². The van der Waals surface area contributed by atoms with Gasteiger partial charge < -0.3 is 0 Å². The Balaban J connectivity index is 0. The van der Waals surface area contributed by atoms with Gasteiger partial charge in [-0.25, -0.2) is 0 Å². The molecule has 2 N–H and O–H groups in total. The summed E-state index contributed by atoms with van der Waals surface area (Å²) in [5.41, 5.74) is 0. The molecule has 0 aromatic rings. The predicted molar refractivity (Wildman–Crippen MR) is 11.6 cm³/mol. The van der Waals surface area contributed by atoms with Gasteiger partial charge in [0.05, 0.1) is 0 Å². The van der Waals surface area contributed by atoms with Crippen molar-refractivity contribution < 1.29 is 54.4 Å². The first-order valence-corrected chi connectivity index (χ1v) is 4.69. The molecule has 0 saturated carbocycles. The summed E-state index contributed by atoms with van der Waals surface area (Å²) >= 11 is -5.52. The average molecular weight is 335 g/mol. The Bertz CT molecular complexity index is 90.7. The van der Waals surface area contributed by atoms with Crippen LogP contribution >= 0.6 is 0 Å². The van der Waals surface area contributed by atoms with Gasteiger partial charge in [-0.1, -0.05) is 0 Å². The van der Waals surface area contributed by atoms with E-state index in [1.807, 2.05) is 0 Å². The minimum atomic E-state index is -5.52. The van der Waals surface area contributed by atoms with Crippen molar-refractivity contribution in [3.8, 4) is 0 Å². The molecular formula is H2O4PrTe. The third-order valence-electron chi connectivity index (χ3n) is 0. The van der Waals surface area contributed by atoms with Crippen LogP contribution in [0.25, 0.3) is 0 Å². The summed E-state index contributed by atoms with van der Waals surface area (Å²) in [5, 5.41) is 0. The van der Waals surface area contributed by atoms with Gasteiger partial charge in [0.15, 0.2) is 0 Å². The molecule has 0 aliphatic heterocycles. The zero-order valence-corrected chi connectivity index (χ0v) is 8.73. The molecule has 0 saturated heterocycles. The van der Waals surface area contributed by atoms with Crippen molar-refractivity contribution in [2.45, 2.75) is 0 Å². The molecule has 6 heavy (non-hydrogen) atoms. The number of rotatable bonds is 0. The molecule has 1 radical (unpaired) electrons. The van der Waals surface area contributed by atoms with Crippen LogP contribution in [0.1, 0.15) is 0 Å². The van der Waals surface area contributed by atoms with Gasteiger partial charge in [-0.05, 0) is 0 Å². The summed E-state index contributed by atoms with van der Waals surface area (Å²) in [6.07, 6.45) is 0. The molecule has 0 aromatic carbocycles. The Kier molecular flexibility index (Phi) is 6.45. The van der Waals surface area contributed by atoms with Crippen LogP contribution in [-0.4, -0.2) is 25.9 Å². The third kappa shape index (κ3) is 44.3. The van der Waals surface area contributed by atoms with Gasteiger partial charge in [0.2, 0.25) is 0 Å². The van der Waals surface area contributed by atoms with Crippen molar-refractivity contribution in [3.05, 3.63) is 0 Å². The van der Waals surface area contributed by atoms with Gasteiger partial charge in [0.25, 0.3) is 0 Å². The number of hydrogen-bond acceptors (Lipinski definition) is 2. The van der Waals surface area contributed by atoms with Crippen LogP contribution < -0.4 is 0 Å². The molecule has 4 nitrogen and oxygen atoms in total. The molecule has 6 heteroatoms. The Labute approximate surface area is 72.1 Å². The zero-order chi connectivity index (χ0) is 4.50. The SMILES string of the molecule is O=[Te](=O)(O)O.[Pr]. The van der Waals surface area contributed by atoms with Crippen molar-refractivity contribution in [1.82, 2.24) is 0 Å². The third-order valence-corrected chi connectivity index (χ3v) is 0. The Hall–Kier alpha value is 1.67. The monoisotopic (exact) mass is 337 g/mol. The number of hydrogen-bond donors (Lipinski definition) is 2. The topological polar surface area (TPSA) is 74.6 Å². The minimum Gasteiger partial charge on any atom is 0 e. The van der Waals surface area contributed by atoms with Gasteiger partial charge >= 0.3 is 32.1 Å². The molecule has 0 aliphatic carbocycles. The molecule has 0 bridgehead atoms. The fourth-order valence-corrected chi connectivity index (χ4v) is 0. The maximum absolute atomic E-state index is 8.85. The van der Waals surface area contributed by atoms with Gasteiger partial charge in [0, 0.05) is 41.3 Å². The van der Waals surface area contributed by atoms with E-state index in [1.165, 1.54) is 0 Å². The van der Waals surface area contributed by atoms with Crippen LogP contribution in [0.2, 0.25) is 0 Å². The van der Waals surface area contributed by atoms with Gasteiger partial charge in [0.1, 0.15) is 0 Å². The van der Waals surface area contributed by atoms with Gasteiger partial charge in [-0.3, -0.25) is 0 Å². The van der Waals surface area contributed by atoms with E-state index in [-0.39, 0.29) is 41.3 Å². The summed E-state index contributed by atoms with van der Waals surface area (Å²) < 4.78 is 32.0. The quantitative estimate of drug-likeness (QED) is 0.516.